The van der Waals surface area contributed by atoms with E-state index in [0.717, 1.165) is 12.5 Å². The van der Waals surface area contributed by atoms with Crippen LogP contribution in [0.25, 0.3) is 0 Å². The molecule has 0 spiro atoms. The average molecular weight is 260 g/mol. The van der Waals surface area contributed by atoms with Crippen molar-refractivity contribution in [3.8, 4) is 0 Å². The summed E-state index contributed by atoms with van der Waals surface area (Å²) >= 11 is 0. The molecule has 1 fully saturated rings. The molecular formula is C17H28N2. The SMILES string of the molecule is CCNCC1CCN(C(C)c2cccc(C)c2)CC1. The van der Waals surface area contributed by atoms with Crippen molar-refractivity contribution in [3.05, 3.63) is 35.4 Å². The summed E-state index contributed by atoms with van der Waals surface area (Å²) < 4.78 is 0. The minimum Gasteiger partial charge on any atom is -0.317 e. The fourth-order valence-electron chi connectivity index (χ4n) is 3.03. The van der Waals surface area contributed by atoms with Gasteiger partial charge in [0, 0.05) is 6.04 Å². The van der Waals surface area contributed by atoms with Gasteiger partial charge in [-0.05, 0) is 64.3 Å². The van der Waals surface area contributed by atoms with Crippen LogP contribution in [0.2, 0.25) is 0 Å². The second kappa shape index (κ2) is 7.06. The van der Waals surface area contributed by atoms with Gasteiger partial charge >= 0.3 is 0 Å². The Balaban J connectivity index is 1.87. The smallest absolute Gasteiger partial charge is 0.0319 e. The highest BCUT2D eigenvalue weighted by Gasteiger charge is 2.23. The molecule has 2 nitrogen and oxygen atoms in total. The molecule has 0 radical (unpaired) electrons. The van der Waals surface area contributed by atoms with Crippen LogP contribution in [-0.2, 0) is 0 Å². The molecule has 1 heterocycles. The molecule has 1 aliphatic heterocycles. The molecule has 1 aromatic rings. The van der Waals surface area contributed by atoms with E-state index in [1.54, 1.807) is 0 Å². The largest absolute Gasteiger partial charge is 0.317 e. The van der Waals surface area contributed by atoms with Crippen molar-refractivity contribution in [3.63, 3.8) is 0 Å². The van der Waals surface area contributed by atoms with Gasteiger partial charge in [-0.3, -0.25) is 4.90 Å². The molecular weight excluding hydrogens is 232 g/mol. The van der Waals surface area contributed by atoms with Gasteiger partial charge in [0.1, 0.15) is 0 Å². The highest BCUT2D eigenvalue weighted by Crippen LogP contribution is 2.26. The van der Waals surface area contributed by atoms with Gasteiger partial charge in [0.25, 0.3) is 0 Å². The van der Waals surface area contributed by atoms with Crippen molar-refractivity contribution in [1.82, 2.24) is 10.2 Å². The Kier molecular flexibility index (Phi) is 5.41. The topological polar surface area (TPSA) is 15.3 Å². The standard InChI is InChI=1S/C17H28N2/c1-4-18-13-16-8-10-19(11-9-16)15(3)17-7-5-6-14(2)12-17/h5-7,12,15-16,18H,4,8-11,13H2,1-3H3. The van der Waals surface area contributed by atoms with E-state index in [-0.39, 0.29) is 0 Å². The second-order valence-electron chi connectivity index (χ2n) is 5.88. The quantitative estimate of drug-likeness (QED) is 0.873. The molecule has 106 valence electrons. The number of rotatable bonds is 5. The van der Waals surface area contributed by atoms with E-state index >= 15 is 0 Å². The Labute approximate surface area is 118 Å². The van der Waals surface area contributed by atoms with Crippen molar-refractivity contribution in [2.24, 2.45) is 5.92 Å². The number of hydrogen-bond donors (Lipinski definition) is 1. The average Bonchev–Trinajstić information content (AvgIpc) is 2.45. The zero-order valence-corrected chi connectivity index (χ0v) is 12.7. The minimum atomic E-state index is 0.556. The van der Waals surface area contributed by atoms with E-state index in [2.05, 4.69) is 55.3 Å². The van der Waals surface area contributed by atoms with E-state index in [9.17, 15) is 0 Å². The molecule has 1 unspecified atom stereocenters. The highest BCUT2D eigenvalue weighted by atomic mass is 15.2. The molecule has 0 amide bonds. The van der Waals surface area contributed by atoms with Crippen LogP contribution in [0, 0.1) is 12.8 Å². The van der Waals surface area contributed by atoms with Crippen molar-refractivity contribution in [1.29, 1.82) is 0 Å². The maximum Gasteiger partial charge on any atom is 0.0319 e. The van der Waals surface area contributed by atoms with Gasteiger partial charge in [-0.25, -0.2) is 0 Å². The summed E-state index contributed by atoms with van der Waals surface area (Å²) in [7, 11) is 0. The molecule has 1 aliphatic rings. The molecule has 19 heavy (non-hydrogen) atoms. The number of piperidine rings is 1. The maximum absolute atomic E-state index is 3.48. The van der Waals surface area contributed by atoms with Gasteiger partial charge < -0.3 is 5.32 Å². The van der Waals surface area contributed by atoms with Gasteiger partial charge in [0.15, 0.2) is 0 Å². The summed E-state index contributed by atoms with van der Waals surface area (Å²) in [6.45, 7) is 11.5. The first-order chi connectivity index (χ1) is 9.20. The summed E-state index contributed by atoms with van der Waals surface area (Å²) in [4.78, 5) is 2.64. The zero-order chi connectivity index (χ0) is 13.7. The van der Waals surface area contributed by atoms with Crippen LogP contribution in [0.1, 0.15) is 43.9 Å². The number of benzene rings is 1. The number of likely N-dealkylation sites (tertiary alicyclic amines) is 1. The summed E-state index contributed by atoms with van der Waals surface area (Å²) in [5, 5.41) is 3.48. The molecule has 0 aromatic heterocycles. The van der Waals surface area contributed by atoms with Gasteiger partial charge in [0.2, 0.25) is 0 Å². The molecule has 1 aromatic carbocycles. The van der Waals surface area contributed by atoms with E-state index in [4.69, 9.17) is 0 Å². The Hall–Kier alpha value is -0.860. The Bertz CT molecular complexity index is 381. The van der Waals surface area contributed by atoms with E-state index in [1.165, 1.54) is 43.6 Å². The first-order valence-electron chi connectivity index (χ1n) is 7.72. The summed E-state index contributed by atoms with van der Waals surface area (Å²) in [5.41, 5.74) is 2.83. The second-order valence-corrected chi connectivity index (χ2v) is 5.88. The minimum absolute atomic E-state index is 0.556. The lowest BCUT2D eigenvalue weighted by molar-refractivity contribution is 0.140. The maximum atomic E-state index is 3.48. The molecule has 1 N–H and O–H groups in total. The lowest BCUT2D eigenvalue weighted by Gasteiger charge is -2.36. The van der Waals surface area contributed by atoms with E-state index < -0.39 is 0 Å². The fraction of sp³-hybridized carbons (Fsp3) is 0.647. The molecule has 2 rings (SSSR count). The number of aryl methyl sites for hydroxylation is 1. The number of nitrogens with zero attached hydrogens (tertiary/aromatic N) is 1. The van der Waals surface area contributed by atoms with Crippen molar-refractivity contribution in [2.45, 2.75) is 39.7 Å². The first kappa shape index (κ1) is 14.5. The monoisotopic (exact) mass is 260 g/mol. The van der Waals surface area contributed by atoms with Crippen LogP contribution in [0.5, 0.6) is 0 Å². The van der Waals surface area contributed by atoms with E-state index in [1.807, 2.05) is 0 Å². The third-order valence-corrected chi connectivity index (χ3v) is 4.40. The van der Waals surface area contributed by atoms with Crippen LogP contribution in [0.3, 0.4) is 0 Å². The van der Waals surface area contributed by atoms with E-state index in [0.29, 0.717) is 6.04 Å². The van der Waals surface area contributed by atoms with Gasteiger partial charge in [0.05, 0.1) is 0 Å². The number of hydrogen-bond acceptors (Lipinski definition) is 2. The summed E-state index contributed by atoms with van der Waals surface area (Å²) in [5.74, 6) is 0.876. The molecule has 0 saturated carbocycles. The van der Waals surface area contributed by atoms with Crippen LogP contribution in [0.4, 0.5) is 0 Å². The van der Waals surface area contributed by atoms with Crippen LogP contribution in [-0.4, -0.2) is 31.1 Å². The van der Waals surface area contributed by atoms with Crippen molar-refractivity contribution >= 4 is 0 Å². The fourth-order valence-corrected chi connectivity index (χ4v) is 3.03. The summed E-state index contributed by atoms with van der Waals surface area (Å²) in [6, 6.07) is 9.51. The molecule has 1 saturated heterocycles. The van der Waals surface area contributed by atoms with Crippen LogP contribution in [0.15, 0.2) is 24.3 Å². The normalized spacial score (nSPS) is 19.5. The molecule has 1 atom stereocenters. The Morgan fingerprint density at radius 1 is 1.32 bits per heavy atom. The third kappa shape index (κ3) is 4.05. The van der Waals surface area contributed by atoms with Crippen LogP contribution < -0.4 is 5.32 Å². The van der Waals surface area contributed by atoms with Crippen molar-refractivity contribution in [2.75, 3.05) is 26.2 Å². The predicted molar refractivity (Wildman–Crippen MR) is 82.4 cm³/mol. The Morgan fingerprint density at radius 2 is 2.05 bits per heavy atom. The predicted octanol–water partition coefficient (Wildman–Crippen LogP) is 3.38. The highest BCUT2D eigenvalue weighted by molar-refractivity contribution is 5.24. The van der Waals surface area contributed by atoms with Gasteiger partial charge in [-0.2, -0.15) is 0 Å². The zero-order valence-electron chi connectivity index (χ0n) is 12.7. The van der Waals surface area contributed by atoms with Gasteiger partial charge in [-0.1, -0.05) is 36.8 Å². The third-order valence-electron chi connectivity index (χ3n) is 4.40. The lowest BCUT2D eigenvalue weighted by atomic mass is 9.94. The van der Waals surface area contributed by atoms with Crippen molar-refractivity contribution < 1.29 is 0 Å². The Morgan fingerprint density at radius 3 is 2.68 bits per heavy atom. The molecule has 2 heteroatoms. The molecule has 0 aliphatic carbocycles. The van der Waals surface area contributed by atoms with Crippen LogP contribution >= 0.6 is 0 Å². The summed E-state index contributed by atoms with van der Waals surface area (Å²) in [6.07, 6.45) is 2.67. The first-order valence-corrected chi connectivity index (χ1v) is 7.72. The number of nitrogens with one attached hydrogen (secondary N) is 1. The lowest BCUT2D eigenvalue weighted by Crippen LogP contribution is -2.38. The van der Waals surface area contributed by atoms with Gasteiger partial charge in [-0.15, -0.1) is 0 Å². The molecule has 0 bridgehead atoms.